The number of benzene rings is 1. The van der Waals surface area contributed by atoms with Gasteiger partial charge in [0.25, 0.3) is 5.91 Å². The van der Waals surface area contributed by atoms with E-state index in [1.807, 2.05) is 20.8 Å². The Morgan fingerprint density at radius 2 is 1.81 bits per heavy atom. The lowest BCUT2D eigenvalue weighted by molar-refractivity contribution is -0.900. The SMILES string of the molecule is Cc1ccc(S(=O)(=O)N2CCN(C(=O)C[NH+]3CCOCC3)[C@@H]2C(C)C)cc1. The molecule has 1 amide bonds. The number of carbonyl (C=O) groups excluding carboxylic acids is 1. The molecule has 0 aliphatic carbocycles. The van der Waals surface area contributed by atoms with Crippen LogP contribution >= 0.6 is 0 Å². The monoisotopic (exact) mass is 396 g/mol. The fourth-order valence-electron chi connectivity index (χ4n) is 3.85. The summed E-state index contributed by atoms with van der Waals surface area (Å²) >= 11 is 0. The van der Waals surface area contributed by atoms with Gasteiger partial charge in [-0.3, -0.25) is 4.79 Å². The molecule has 2 heterocycles. The van der Waals surface area contributed by atoms with Gasteiger partial charge < -0.3 is 14.5 Å². The number of nitrogens with one attached hydrogen (secondary N) is 1. The van der Waals surface area contributed by atoms with Gasteiger partial charge in [-0.15, -0.1) is 0 Å². The Morgan fingerprint density at radius 1 is 1.19 bits per heavy atom. The molecule has 2 saturated heterocycles. The molecule has 2 aliphatic rings. The minimum Gasteiger partial charge on any atom is -0.370 e. The van der Waals surface area contributed by atoms with E-state index in [1.54, 1.807) is 29.2 Å². The second kappa shape index (κ2) is 8.26. The lowest BCUT2D eigenvalue weighted by Gasteiger charge is -2.33. The van der Waals surface area contributed by atoms with Crippen LogP contribution in [0.3, 0.4) is 0 Å². The molecule has 150 valence electrons. The average Bonchev–Trinajstić information content (AvgIpc) is 3.09. The molecule has 3 rings (SSSR count). The summed E-state index contributed by atoms with van der Waals surface area (Å²) in [5.74, 6) is 0.0311. The van der Waals surface area contributed by atoms with Gasteiger partial charge in [0.1, 0.15) is 19.3 Å². The minimum absolute atomic E-state index is 0.0105. The van der Waals surface area contributed by atoms with Gasteiger partial charge in [0.15, 0.2) is 6.54 Å². The first-order valence-electron chi connectivity index (χ1n) is 9.60. The van der Waals surface area contributed by atoms with Gasteiger partial charge in [0.2, 0.25) is 10.0 Å². The first-order chi connectivity index (χ1) is 12.8. The summed E-state index contributed by atoms with van der Waals surface area (Å²) in [6.45, 7) is 10.0. The summed E-state index contributed by atoms with van der Waals surface area (Å²) in [4.78, 5) is 16.2. The molecule has 0 unspecified atom stereocenters. The van der Waals surface area contributed by atoms with Crippen molar-refractivity contribution in [3.05, 3.63) is 29.8 Å². The predicted octanol–water partition coefficient (Wildman–Crippen LogP) is -0.275. The number of hydrogen-bond donors (Lipinski definition) is 1. The summed E-state index contributed by atoms with van der Waals surface area (Å²) in [7, 11) is -3.64. The number of hydrogen-bond acceptors (Lipinski definition) is 4. The van der Waals surface area contributed by atoms with Gasteiger partial charge in [0.05, 0.1) is 18.1 Å². The van der Waals surface area contributed by atoms with Crippen LogP contribution < -0.4 is 4.90 Å². The van der Waals surface area contributed by atoms with Crippen LogP contribution in [0.5, 0.6) is 0 Å². The van der Waals surface area contributed by atoms with Crippen LogP contribution in [0, 0.1) is 12.8 Å². The van der Waals surface area contributed by atoms with E-state index < -0.39 is 16.2 Å². The van der Waals surface area contributed by atoms with E-state index in [2.05, 4.69) is 0 Å². The van der Waals surface area contributed by atoms with E-state index in [0.717, 1.165) is 18.7 Å². The van der Waals surface area contributed by atoms with E-state index in [-0.39, 0.29) is 16.7 Å². The molecule has 1 aromatic rings. The normalized spacial score (nSPS) is 22.5. The standard InChI is InChI=1S/C19H29N3O4S/c1-15(2)19-21(18(23)14-20-10-12-26-13-11-20)8-9-22(19)27(24,25)17-6-4-16(3)5-7-17/h4-7,15,19H,8-14H2,1-3H3/p+1/t19-/m0/s1. The number of nitrogens with zero attached hydrogens (tertiary/aromatic N) is 2. The Kier molecular flexibility index (Phi) is 6.20. The second-order valence-corrected chi connectivity index (χ2v) is 9.60. The maximum absolute atomic E-state index is 13.2. The van der Waals surface area contributed by atoms with Crippen molar-refractivity contribution in [3.63, 3.8) is 0 Å². The molecule has 0 spiro atoms. The summed E-state index contributed by atoms with van der Waals surface area (Å²) in [6, 6.07) is 6.89. The summed E-state index contributed by atoms with van der Waals surface area (Å²) in [5, 5.41) is 0. The fourth-order valence-corrected chi connectivity index (χ4v) is 5.57. The molecular formula is C19H30N3O4S+. The fraction of sp³-hybridized carbons (Fsp3) is 0.632. The van der Waals surface area contributed by atoms with Crippen LogP contribution in [-0.4, -0.2) is 75.6 Å². The molecule has 2 aliphatic heterocycles. The number of amides is 1. The number of rotatable bonds is 5. The van der Waals surface area contributed by atoms with Crippen molar-refractivity contribution in [2.24, 2.45) is 5.92 Å². The maximum atomic E-state index is 13.2. The van der Waals surface area contributed by atoms with Crippen molar-refractivity contribution in [1.29, 1.82) is 0 Å². The highest BCUT2D eigenvalue weighted by molar-refractivity contribution is 7.89. The third-order valence-electron chi connectivity index (χ3n) is 5.32. The summed E-state index contributed by atoms with van der Waals surface area (Å²) < 4.78 is 33.2. The molecule has 0 bridgehead atoms. The third-order valence-corrected chi connectivity index (χ3v) is 7.20. The lowest BCUT2D eigenvalue weighted by atomic mass is 10.1. The Bertz CT molecular complexity index is 758. The van der Waals surface area contributed by atoms with E-state index in [1.165, 1.54) is 9.21 Å². The highest BCUT2D eigenvalue weighted by Gasteiger charge is 2.44. The second-order valence-electron chi connectivity index (χ2n) is 7.71. The van der Waals surface area contributed by atoms with Crippen molar-refractivity contribution in [3.8, 4) is 0 Å². The van der Waals surface area contributed by atoms with E-state index in [0.29, 0.717) is 32.8 Å². The van der Waals surface area contributed by atoms with Crippen LogP contribution in [0.1, 0.15) is 19.4 Å². The molecule has 1 N–H and O–H groups in total. The molecular weight excluding hydrogens is 366 g/mol. The Hall–Kier alpha value is -1.48. The number of ether oxygens (including phenoxy) is 1. The molecule has 0 saturated carbocycles. The van der Waals surface area contributed by atoms with Gasteiger partial charge in [-0.05, 0) is 25.0 Å². The smallest absolute Gasteiger partial charge is 0.279 e. The van der Waals surface area contributed by atoms with Crippen molar-refractivity contribution in [2.75, 3.05) is 45.9 Å². The van der Waals surface area contributed by atoms with E-state index in [4.69, 9.17) is 4.74 Å². The first-order valence-corrected chi connectivity index (χ1v) is 11.0. The number of carbonyl (C=O) groups is 1. The Labute approximate surface area is 161 Å². The van der Waals surface area contributed by atoms with Gasteiger partial charge in [0, 0.05) is 13.1 Å². The van der Waals surface area contributed by atoms with Gasteiger partial charge >= 0.3 is 0 Å². The van der Waals surface area contributed by atoms with Crippen molar-refractivity contribution in [1.82, 2.24) is 9.21 Å². The molecule has 1 aromatic carbocycles. The molecule has 7 nitrogen and oxygen atoms in total. The Balaban J connectivity index is 1.79. The highest BCUT2D eigenvalue weighted by atomic mass is 32.2. The van der Waals surface area contributed by atoms with Gasteiger partial charge in [-0.1, -0.05) is 31.5 Å². The Morgan fingerprint density at radius 3 is 2.41 bits per heavy atom. The van der Waals surface area contributed by atoms with Crippen LogP contribution in [0.15, 0.2) is 29.2 Å². The van der Waals surface area contributed by atoms with Crippen LogP contribution in [0.2, 0.25) is 0 Å². The number of morpholine rings is 1. The quantitative estimate of drug-likeness (QED) is 0.744. The zero-order valence-electron chi connectivity index (χ0n) is 16.3. The third kappa shape index (κ3) is 4.34. The molecule has 0 radical (unpaired) electrons. The minimum atomic E-state index is -3.64. The first kappa shape index (κ1) is 20.3. The van der Waals surface area contributed by atoms with Crippen molar-refractivity contribution < 1.29 is 22.8 Å². The number of sulfonamides is 1. The summed E-state index contributed by atoms with van der Waals surface area (Å²) in [6.07, 6.45) is -0.441. The molecule has 27 heavy (non-hydrogen) atoms. The largest absolute Gasteiger partial charge is 0.370 e. The van der Waals surface area contributed by atoms with Gasteiger partial charge in [-0.2, -0.15) is 4.31 Å². The van der Waals surface area contributed by atoms with Crippen LogP contribution in [0.4, 0.5) is 0 Å². The summed E-state index contributed by atoms with van der Waals surface area (Å²) in [5.41, 5.74) is 1.01. The van der Waals surface area contributed by atoms with Crippen molar-refractivity contribution >= 4 is 15.9 Å². The van der Waals surface area contributed by atoms with E-state index >= 15 is 0 Å². The zero-order valence-corrected chi connectivity index (χ0v) is 17.2. The van der Waals surface area contributed by atoms with Crippen LogP contribution in [-0.2, 0) is 19.6 Å². The molecule has 8 heteroatoms. The van der Waals surface area contributed by atoms with E-state index in [9.17, 15) is 13.2 Å². The average molecular weight is 397 g/mol. The predicted molar refractivity (Wildman–Crippen MR) is 102 cm³/mol. The molecule has 0 aromatic heterocycles. The molecule has 1 atom stereocenters. The zero-order chi connectivity index (χ0) is 19.6. The van der Waals surface area contributed by atoms with Crippen LogP contribution in [0.25, 0.3) is 0 Å². The van der Waals surface area contributed by atoms with Crippen molar-refractivity contribution in [2.45, 2.75) is 31.8 Å². The highest BCUT2D eigenvalue weighted by Crippen LogP contribution is 2.28. The number of quaternary nitrogens is 1. The molecule has 2 fully saturated rings. The number of aryl methyl sites for hydroxylation is 1. The van der Waals surface area contributed by atoms with Gasteiger partial charge in [-0.25, -0.2) is 8.42 Å². The topological polar surface area (TPSA) is 71.4 Å². The maximum Gasteiger partial charge on any atom is 0.279 e. The lowest BCUT2D eigenvalue weighted by Crippen LogP contribution is -3.15.